The summed E-state index contributed by atoms with van der Waals surface area (Å²) >= 11 is 5.35. The SMILES string of the molecule is C=C(CC)CCl.C=CC(=O)CC(C)C.CC(C)CC1CO1.CCCC(C)C. The molecule has 1 heterocycles. The molecule has 1 aliphatic rings. The summed E-state index contributed by atoms with van der Waals surface area (Å²) in [5.74, 6) is 2.92. The van der Waals surface area contributed by atoms with Crippen LogP contribution in [0.2, 0.25) is 0 Å². The summed E-state index contributed by atoms with van der Waals surface area (Å²) in [6.45, 7) is 25.3. The van der Waals surface area contributed by atoms with Gasteiger partial charge in [0, 0.05) is 12.3 Å². The highest BCUT2D eigenvalue weighted by molar-refractivity contribution is 6.19. The van der Waals surface area contributed by atoms with Crippen LogP contribution < -0.4 is 0 Å². The molecule has 3 heteroatoms. The molecule has 0 saturated carbocycles. The monoisotopic (exact) mass is 402 g/mol. The van der Waals surface area contributed by atoms with Gasteiger partial charge in [-0.05, 0) is 36.7 Å². The highest BCUT2D eigenvalue weighted by Crippen LogP contribution is 2.18. The molecule has 0 bridgehead atoms. The molecule has 1 saturated heterocycles. The highest BCUT2D eigenvalue weighted by Gasteiger charge is 2.22. The first-order chi connectivity index (χ1) is 12.5. The van der Waals surface area contributed by atoms with Gasteiger partial charge in [0.05, 0.1) is 12.7 Å². The summed E-state index contributed by atoms with van der Waals surface area (Å²) < 4.78 is 5.02. The average Bonchev–Trinajstić information content (AvgIpc) is 3.38. The van der Waals surface area contributed by atoms with Crippen molar-refractivity contribution in [3.05, 3.63) is 24.8 Å². The third kappa shape index (κ3) is 37.0. The minimum Gasteiger partial charge on any atom is -0.373 e. The fraction of sp³-hybridized carbons (Fsp3) is 0.792. The van der Waals surface area contributed by atoms with Crippen molar-refractivity contribution < 1.29 is 9.53 Å². The molecule has 1 atom stereocenters. The molecule has 0 radical (unpaired) electrons. The highest BCUT2D eigenvalue weighted by atomic mass is 35.5. The average molecular weight is 403 g/mol. The van der Waals surface area contributed by atoms with E-state index in [4.69, 9.17) is 16.3 Å². The van der Waals surface area contributed by atoms with Gasteiger partial charge in [-0.2, -0.15) is 0 Å². The Labute approximate surface area is 175 Å². The van der Waals surface area contributed by atoms with Crippen molar-refractivity contribution in [1.29, 1.82) is 0 Å². The summed E-state index contributed by atoms with van der Waals surface area (Å²) in [4.78, 5) is 10.5. The molecule has 1 fully saturated rings. The van der Waals surface area contributed by atoms with Gasteiger partial charge in [0.25, 0.3) is 0 Å². The summed E-state index contributed by atoms with van der Waals surface area (Å²) in [5, 5.41) is 0. The van der Waals surface area contributed by atoms with Crippen LogP contribution in [0.1, 0.15) is 87.5 Å². The van der Waals surface area contributed by atoms with E-state index in [1.807, 2.05) is 20.8 Å². The Morgan fingerprint density at radius 1 is 1.11 bits per heavy atom. The third-order valence-electron chi connectivity index (χ3n) is 3.53. The minimum atomic E-state index is 0.139. The van der Waals surface area contributed by atoms with Crippen molar-refractivity contribution in [2.45, 2.75) is 93.6 Å². The lowest BCUT2D eigenvalue weighted by atomic mass is 10.1. The van der Waals surface area contributed by atoms with Crippen molar-refractivity contribution in [2.75, 3.05) is 12.5 Å². The van der Waals surface area contributed by atoms with Crippen molar-refractivity contribution in [1.82, 2.24) is 0 Å². The summed E-state index contributed by atoms with van der Waals surface area (Å²) in [5.41, 5.74) is 1.11. The number of hydrogen-bond donors (Lipinski definition) is 0. The topological polar surface area (TPSA) is 29.6 Å². The molecule has 0 aromatic carbocycles. The van der Waals surface area contributed by atoms with E-state index in [2.05, 4.69) is 47.8 Å². The van der Waals surface area contributed by atoms with Crippen molar-refractivity contribution in [3.8, 4) is 0 Å². The Balaban J connectivity index is -0.000000287. The fourth-order valence-corrected chi connectivity index (χ4v) is 2.08. The zero-order valence-electron chi connectivity index (χ0n) is 19.4. The molecule has 1 aliphatic heterocycles. The zero-order valence-corrected chi connectivity index (χ0v) is 20.2. The lowest BCUT2D eigenvalue weighted by Gasteiger charge is -1.96. The summed E-state index contributed by atoms with van der Waals surface area (Å²) in [6, 6.07) is 0. The van der Waals surface area contributed by atoms with Crippen molar-refractivity contribution in [2.24, 2.45) is 17.8 Å². The van der Waals surface area contributed by atoms with E-state index in [9.17, 15) is 4.79 Å². The Morgan fingerprint density at radius 3 is 1.70 bits per heavy atom. The molecule has 162 valence electrons. The number of ether oxygens (including phenoxy) is 1. The summed E-state index contributed by atoms with van der Waals surface area (Å²) in [6.07, 6.45) is 7.59. The second-order valence-corrected chi connectivity index (χ2v) is 8.54. The number of alkyl halides is 1. The number of hydrogen-bond acceptors (Lipinski definition) is 2. The standard InChI is InChI=1S/C7H12O.C6H12O.C6H14.C5H9Cl/c1-4-7(8)5-6(2)3;1-5(2)3-6-4-7-6;1-4-5-6(2)3;1-3-5(2)4-6/h4,6H,1,5H2,2-3H3;5-6H,3-4H2,1-2H3;6H,4-5H2,1-3H3;2-4H2,1H3. The molecule has 0 aliphatic carbocycles. The van der Waals surface area contributed by atoms with E-state index in [0.29, 0.717) is 24.3 Å². The smallest absolute Gasteiger partial charge is 0.155 e. The van der Waals surface area contributed by atoms with Gasteiger partial charge < -0.3 is 4.74 Å². The maximum Gasteiger partial charge on any atom is 0.155 e. The van der Waals surface area contributed by atoms with Gasteiger partial charge >= 0.3 is 0 Å². The number of epoxide rings is 1. The van der Waals surface area contributed by atoms with E-state index in [0.717, 1.165) is 30.4 Å². The van der Waals surface area contributed by atoms with Crippen LogP contribution in [0.4, 0.5) is 0 Å². The fourth-order valence-electron chi connectivity index (χ4n) is 1.89. The van der Waals surface area contributed by atoms with Gasteiger partial charge in [0.15, 0.2) is 5.78 Å². The van der Waals surface area contributed by atoms with E-state index in [1.165, 1.54) is 25.3 Å². The van der Waals surface area contributed by atoms with E-state index in [1.54, 1.807) is 0 Å². The van der Waals surface area contributed by atoms with Crippen LogP contribution >= 0.6 is 11.6 Å². The molecule has 1 rings (SSSR count). The second kappa shape index (κ2) is 21.7. The van der Waals surface area contributed by atoms with E-state index >= 15 is 0 Å². The van der Waals surface area contributed by atoms with Crippen LogP contribution in [0.5, 0.6) is 0 Å². The largest absolute Gasteiger partial charge is 0.373 e. The molecule has 0 amide bonds. The first-order valence-electron chi connectivity index (χ1n) is 10.5. The van der Waals surface area contributed by atoms with Crippen molar-refractivity contribution >= 4 is 17.4 Å². The summed E-state index contributed by atoms with van der Waals surface area (Å²) in [7, 11) is 0. The molecule has 0 N–H and O–H groups in total. The molecular weight excluding hydrogens is 356 g/mol. The maximum absolute atomic E-state index is 10.5. The molecule has 0 aromatic heterocycles. The number of halogens is 1. The second-order valence-electron chi connectivity index (χ2n) is 8.27. The predicted molar refractivity (Wildman–Crippen MR) is 124 cm³/mol. The lowest BCUT2D eigenvalue weighted by molar-refractivity contribution is -0.115. The Hall–Kier alpha value is -0.600. The predicted octanol–water partition coefficient (Wildman–Crippen LogP) is 7.85. The van der Waals surface area contributed by atoms with Crippen LogP contribution in [0.3, 0.4) is 0 Å². The quantitative estimate of drug-likeness (QED) is 0.170. The first kappa shape index (κ1) is 31.1. The molecule has 1 unspecified atom stereocenters. The van der Waals surface area contributed by atoms with E-state index in [-0.39, 0.29) is 5.78 Å². The maximum atomic E-state index is 10.5. The number of carbonyl (C=O) groups excluding carboxylic acids is 1. The first-order valence-corrected chi connectivity index (χ1v) is 11.1. The third-order valence-corrected chi connectivity index (χ3v) is 3.91. The minimum absolute atomic E-state index is 0.139. The van der Waals surface area contributed by atoms with Gasteiger partial charge in [-0.15, -0.1) is 11.6 Å². The van der Waals surface area contributed by atoms with Crippen LogP contribution in [0.25, 0.3) is 0 Å². The van der Waals surface area contributed by atoms with Gasteiger partial charge in [-0.3, -0.25) is 4.79 Å². The van der Waals surface area contributed by atoms with Gasteiger partial charge in [0.2, 0.25) is 0 Å². The zero-order chi connectivity index (χ0) is 21.8. The van der Waals surface area contributed by atoms with Crippen molar-refractivity contribution in [3.63, 3.8) is 0 Å². The van der Waals surface area contributed by atoms with E-state index < -0.39 is 0 Å². The van der Waals surface area contributed by atoms with Crippen LogP contribution in [0, 0.1) is 17.8 Å². The Morgan fingerprint density at radius 2 is 1.63 bits per heavy atom. The molecular formula is C24H47ClO2. The number of ketones is 1. The Kier molecular flexibility index (Phi) is 25.0. The molecule has 2 nitrogen and oxygen atoms in total. The van der Waals surface area contributed by atoms with Gasteiger partial charge in [-0.1, -0.05) is 87.0 Å². The van der Waals surface area contributed by atoms with Gasteiger partial charge in [-0.25, -0.2) is 0 Å². The van der Waals surface area contributed by atoms with Crippen LogP contribution in [0.15, 0.2) is 24.8 Å². The number of carbonyl (C=O) groups is 1. The lowest BCUT2D eigenvalue weighted by Crippen LogP contribution is -1.97. The number of rotatable bonds is 9. The normalized spacial score (nSPS) is 14.3. The number of allylic oxidation sites excluding steroid dienone is 2. The molecule has 0 spiro atoms. The Bertz CT molecular complexity index is 349. The van der Waals surface area contributed by atoms with Gasteiger partial charge in [0.1, 0.15) is 0 Å². The van der Waals surface area contributed by atoms with Crippen LogP contribution in [-0.4, -0.2) is 24.4 Å². The molecule has 0 aromatic rings. The molecule has 27 heavy (non-hydrogen) atoms. The van der Waals surface area contributed by atoms with Crippen LogP contribution in [-0.2, 0) is 9.53 Å².